The number of hydrogen-bond donors (Lipinski definition) is 2. The molecule has 0 saturated heterocycles. The van der Waals surface area contributed by atoms with Gasteiger partial charge in [0.2, 0.25) is 5.88 Å². The Morgan fingerprint density at radius 1 is 1.17 bits per heavy atom. The number of pyridine rings is 1. The molecule has 2 N–H and O–H groups in total. The van der Waals surface area contributed by atoms with Gasteiger partial charge in [-0.3, -0.25) is 0 Å². The van der Waals surface area contributed by atoms with E-state index in [1.165, 1.54) is 12.3 Å². The summed E-state index contributed by atoms with van der Waals surface area (Å²) < 4.78 is 10.6. The Hall–Kier alpha value is -2.31. The number of alkyl carbamates (subject to hydrolysis) is 1. The van der Waals surface area contributed by atoms with Crippen LogP contribution in [-0.4, -0.2) is 40.9 Å². The van der Waals surface area contributed by atoms with E-state index < -0.39 is 11.6 Å². The lowest BCUT2D eigenvalue weighted by atomic mass is 10.2. The first kappa shape index (κ1) is 19.7. The van der Waals surface area contributed by atoms with E-state index in [0.717, 1.165) is 25.7 Å². The lowest BCUT2D eigenvalue weighted by Gasteiger charge is -2.19. The normalized spacial score (nSPS) is 11.0. The van der Waals surface area contributed by atoms with Crippen molar-refractivity contribution in [1.29, 1.82) is 0 Å². The maximum Gasteiger partial charge on any atom is 0.407 e. The van der Waals surface area contributed by atoms with E-state index in [4.69, 9.17) is 14.6 Å². The van der Waals surface area contributed by atoms with Crippen LogP contribution in [0.25, 0.3) is 0 Å². The van der Waals surface area contributed by atoms with Crippen LogP contribution in [0.3, 0.4) is 0 Å². The van der Waals surface area contributed by atoms with Gasteiger partial charge < -0.3 is 19.9 Å². The summed E-state index contributed by atoms with van der Waals surface area (Å²) >= 11 is 0. The first-order chi connectivity index (χ1) is 11.3. The molecule has 1 aromatic rings. The summed E-state index contributed by atoms with van der Waals surface area (Å²) in [5, 5.41) is 11.5. The summed E-state index contributed by atoms with van der Waals surface area (Å²) in [7, 11) is 0. The van der Waals surface area contributed by atoms with Gasteiger partial charge in [0.15, 0.2) is 0 Å². The van der Waals surface area contributed by atoms with Crippen LogP contribution >= 0.6 is 0 Å². The highest BCUT2D eigenvalue weighted by Crippen LogP contribution is 2.09. The van der Waals surface area contributed by atoms with Gasteiger partial charge in [-0.05, 0) is 39.7 Å². The van der Waals surface area contributed by atoms with Crippen LogP contribution in [-0.2, 0) is 4.74 Å². The first-order valence-electron chi connectivity index (χ1n) is 8.07. The van der Waals surface area contributed by atoms with Crippen LogP contribution in [0.4, 0.5) is 4.79 Å². The molecule has 0 atom stereocenters. The molecule has 24 heavy (non-hydrogen) atoms. The Labute approximate surface area is 142 Å². The maximum absolute atomic E-state index is 11.4. The highest BCUT2D eigenvalue weighted by Gasteiger charge is 2.15. The van der Waals surface area contributed by atoms with Gasteiger partial charge in [0.05, 0.1) is 12.2 Å². The topological polar surface area (TPSA) is 97.8 Å². The van der Waals surface area contributed by atoms with Gasteiger partial charge >= 0.3 is 12.1 Å². The van der Waals surface area contributed by atoms with Crippen molar-refractivity contribution in [3.8, 4) is 5.88 Å². The molecule has 0 unspecified atom stereocenters. The summed E-state index contributed by atoms with van der Waals surface area (Å²) in [6.07, 6.45) is 4.59. The number of carbonyl (C=O) groups excluding carboxylic acids is 1. The number of nitrogens with zero attached hydrogens (tertiary/aromatic N) is 1. The van der Waals surface area contributed by atoms with Crippen molar-refractivity contribution in [3.63, 3.8) is 0 Å². The molecule has 1 heterocycles. The largest absolute Gasteiger partial charge is 0.478 e. The Kier molecular flexibility index (Phi) is 8.01. The second-order valence-corrected chi connectivity index (χ2v) is 6.38. The second-order valence-electron chi connectivity index (χ2n) is 6.38. The van der Waals surface area contributed by atoms with Gasteiger partial charge in [-0.25, -0.2) is 14.6 Å². The van der Waals surface area contributed by atoms with Crippen molar-refractivity contribution in [3.05, 3.63) is 23.9 Å². The van der Waals surface area contributed by atoms with Crippen LogP contribution in [0.15, 0.2) is 18.3 Å². The second kappa shape index (κ2) is 9.75. The van der Waals surface area contributed by atoms with Gasteiger partial charge in [-0.2, -0.15) is 0 Å². The highest BCUT2D eigenvalue weighted by molar-refractivity contribution is 5.87. The van der Waals surface area contributed by atoms with E-state index in [1.807, 2.05) is 20.8 Å². The fourth-order valence-corrected chi connectivity index (χ4v) is 1.85. The monoisotopic (exact) mass is 338 g/mol. The first-order valence-corrected chi connectivity index (χ1v) is 8.07. The summed E-state index contributed by atoms with van der Waals surface area (Å²) in [4.78, 5) is 26.0. The average molecular weight is 338 g/mol. The molecule has 0 fully saturated rings. The van der Waals surface area contributed by atoms with Gasteiger partial charge in [0, 0.05) is 18.8 Å². The van der Waals surface area contributed by atoms with E-state index in [2.05, 4.69) is 10.3 Å². The lowest BCUT2D eigenvalue weighted by molar-refractivity contribution is 0.0526. The standard InChI is InChI=1S/C17H26N2O5/c1-17(2,3)24-16(22)18-10-6-4-5-7-11-23-14-9-8-13(12-19-14)15(20)21/h8-9,12H,4-7,10-11H2,1-3H3,(H,18,22)(H,20,21). The lowest BCUT2D eigenvalue weighted by Crippen LogP contribution is -2.32. The molecule has 0 aliphatic heterocycles. The molecule has 0 aromatic carbocycles. The van der Waals surface area contributed by atoms with Crippen molar-refractivity contribution < 1.29 is 24.2 Å². The third-order valence-electron chi connectivity index (χ3n) is 2.97. The van der Waals surface area contributed by atoms with E-state index in [9.17, 15) is 9.59 Å². The Balaban J connectivity index is 2.02. The number of aromatic nitrogens is 1. The van der Waals surface area contributed by atoms with Crippen LogP contribution in [0, 0.1) is 0 Å². The molecular weight excluding hydrogens is 312 g/mol. The Morgan fingerprint density at radius 2 is 1.88 bits per heavy atom. The van der Waals surface area contributed by atoms with E-state index in [1.54, 1.807) is 6.07 Å². The SMILES string of the molecule is CC(C)(C)OC(=O)NCCCCCCOc1ccc(C(=O)O)cn1. The molecule has 7 heteroatoms. The molecule has 0 spiro atoms. The summed E-state index contributed by atoms with van der Waals surface area (Å²) in [6, 6.07) is 3.02. The smallest absolute Gasteiger partial charge is 0.407 e. The zero-order valence-corrected chi connectivity index (χ0v) is 14.5. The number of carboxylic acid groups (broad SMARTS) is 1. The Morgan fingerprint density at radius 3 is 2.46 bits per heavy atom. The molecule has 7 nitrogen and oxygen atoms in total. The summed E-state index contributed by atoms with van der Waals surface area (Å²) in [5.74, 6) is -0.583. The Bertz CT molecular complexity index is 523. The molecule has 1 amide bonds. The van der Waals surface area contributed by atoms with Gasteiger partial charge in [-0.15, -0.1) is 0 Å². The molecule has 1 rings (SSSR count). The quantitative estimate of drug-likeness (QED) is 0.671. The predicted octanol–water partition coefficient (Wildman–Crippen LogP) is 3.24. The minimum Gasteiger partial charge on any atom is -0.478 e. The predicted molar refractivity (Wildman–Crippen MR) is 89.4 cm³/mol. The molecule has 0 aliphatic carbocycles. The van der Waals surface area contributed by atoms with Crippen molar-refractivity contribution in [2.75, 3.05) is 13.2 Å². The zero-order chi connectivity index (χ0) is 18.0. The number of aromatic carboxylic acids is 1. The molecule has 0 radical (unpaired) electrons. The third-order valence-corrected chi connectivity index (χ3v) is 2.97. The van der Waals surface area contributed by atoms with E-state index in [-0.39, 0.29) is 11.7 Å². The number of unbranched alkanes of at least 4 members (excludes halogenated alkanes) is 3. The number of ether oxygens (including phenoxy) is 2. The number of amides is 1. The number of hydrogen-bond acceptors (Lipinski definition) is 5. The molecule has 0 saturated carbocycles. The number of rotatable bonds is 9. The minimum absolute atomic E-state index is 0.139. The molecule has 134 valence electrons. The van der Waals surface area contributed by atoms with Crippen molar-refractivity contribution >= 4 is 12.1 Å². The van der Waals surface area contributed by atoms with Crippen LogP contribution in [0.1, 0.15) is 56.8 Å². The zero-order valence-electron chi connectivity index (χ0n) is 14.5. The fraction of sp³-hybridized carbons (Fsp3) is 0.588. The minimum atomic E-state index is -1.01. The van der Waals surface area contributed by atoms with Gasteiger partial charge in [0.25, 0.3) is 0 Å². The summed E-state index contributed by atoms with van der Waals surface area (Å²) in [6.45, 7) is 6.61. The van der Waals surface area contributed by atoms with Crippen LogP contribution < -0.4 is 10.1 Å². The van der Waals surface area contributed by atoms with Crippen LogP contribution in [0.2, 0.25) is 0 Å². The van der Waals surface area contributed by atoms with E-state index >= 15 is 0 Å². The van der Waals surface area contributed by atoms with Crippen molar-refractivity contribution in [2.45, 2.75) is 52.1 Å². The third kappa shape index (κ3) is 8.97. The molecule has 0 bridgehead atoms. The van der Waals surface area contributed by atoms with Gasteiger partial charge in [0.1, 0.15) is 5.60 Å². The van der Waals surface area contributed by atoms with Crippen molar-refractivity contribution in [2.24, 2.45) is 0 Å². The van der Waals surface area contributed by atoms with Gasteiger partial charge in [-0.1, -0.05) is 12.8 Å². The molecule has 1 aromatic heterocycles. The number of carboxylic acids is 1. The number of carbonyl (C=O) groups is 2. The summed E-state index contributed by atoms with van der Waals surface area (Å²) in [5.41, 5.74) is -0.335. The molecular formula is C17H26N2O5. The average Bonchev–Trinajstić information content (AvgIpc) is 2.48. The number of nitrogens with one attached hydrogen (secondary N) is 1. The highest BCUT2D eigenvalue weighted by atomic mass is 16.6. The molecule has 0 aliphatic rings. The van der Waals surface area contributed by atoms with Crippen LogP contribution in [0.5, 0.6) is 5.88 Å². The van der Waals surface area contributed by atoms with E-state index in [0.29, 0.717) is 19.0 Å². The maximum atomic E-state index is 11.4. The fourth-order valence-electron chi connectivity index (χ4n) is 1.85. The van der Waals surface area contributed by atoms with Crippen molar-refractivity contribution in [1.82, 2.24) is 10.3 Å².